The minimum absolute atomic E-state index is 0.704. The van der Waals surface area contributed by atoms with E-state index in [2.05, 4.69) is 18.9 Å². The summed E-state index contributed by atoms with van der Waals surface area (Å²) in [5.74, 6) is 3.16. The summed E-state index contributed by atoms with van der Waals surface area (Å²) in [5.41, 5.74) is 0. The van der Waals surface area contributed by atoms with Gasteiger partial charge < -0.3 is 5.32 Å². The van der Waals surface area contributed by atoms with E-state index in [1.54, 1.807) is 0 Å². The van der Waals surface area contributed by atoms with Gasteiger partial charge >= 0.3 is 0 Å². The molecule has 2 fully saturated rings. The molecule has 1 heteroatoms. The Morgan fingerprint density at radius 1 is 1.42 bits per heavy atom. The van der Waals surface area contributed by atoms with Crippen molar-refractivity contribution in [3.63, 3.8) is 0 Å². The zero-order chi connectivity index (χ0) is 8.55. The maximum atomic E-state index is 3.81. The topological polar surface area (TPSA) is 12.0 Å². The summed E-state index contributed by atoms with van der Waals surface area (Å²) in [7, 11) is 2.08. The van der Waals surface area contributed by atoms with Crippen LogP contribution in [0.4, 0.5) is 0 Å². The van der Waals surface area contributed by atoms with Crippen molar-refractivity contribution in [2.24, 2.45) is 17.8 Å². The maximum absolute atomic E-state index is 3.81. The van der Waals surface area contributed by atoms with Crippen LogP contribution >= 0.6 is 0 Å². The van der Waals surface area contributed by atoms with Gasteiger partial charge in [0, 0.05) is 6.04 Å². The van der Waals surface area contributed by atoms with Crippen LogP contribution in [0.3, 0.4) is 0 Å². The standard InChI is InChI=1S/C11H19N/c1-3-4-11(12-2)10-6-8-5-9(8)7-10/h3,8-12H,1,4-7H2,2H3. The first-order chi connectivity index (χ1) is 5.85. The van der Waals surface area contributed by atoms with Gasteiger partial charge in [0.25, 0.3) is 0 Å². The van der Waals surface area contributed by atoms with E-state index < -0.39 is 0 Å². The molecule has 2 aliphatic rings. The van der Waals surface area contributed by atoms with Crippen LogP contribution in [-0.2, 0) is 0 Å². The third-order valence-electron chi connectivity index (χ3n) is 3.64. The minimum Gasteiger partial charge on any atom is -0.316 e. The Hall–Kier alpha value is -0.300. The molecule has 12 heavy (non-hydrogen) atoms. The number of hydrogen-bond acceptors (Lipinski definition) is 1. The van der Waals surface area contributed by atoms with Gasteiger partial charge in [-0.1, -0.05) is 6.08 Å². The molecule has 2 rings (SSSR count). The largest absolute Gasteiger partial charge is 0.316 e. The van der Waals surface area contributed by atoms with Crippen LogP contribution in [0.1, 0.15) is 25.7 Å². The molecular formula is C11H19N. The average molecular weight is 165 g/mol. The molecule has 0 saturated heterocycles. The summed E-state index contributed by atoms with van der Waals surface area (Å²) in [6, 6.07) is 0.704. The first kappa shape index (κ1) is 8.31. The highest BCUT2D eigenvalue weighted by molar-refractivity contribution is 5.00. The fourth-order valence-corrected chi connectivity index (χ4v) is 2.82. The smallest absolute Gasteiger partial charge is 0.0127 e. The van der Waals surface area contributed by atoms with Crippen LogP contribution in [0.2, 0.25) is 0 Å². The van der Waals surface area contributed by atoms with Gasteiger partial charge in [0.15, 0.2) is 0 Å². The van der Waals surface area contributed by atoms with Crippen molar-refractivity contribution in [3.05, 3.63) is 12.7 Å². The first-order valence-corrected chi connectivity index (χ1v) is 5.13. The first-order valence-electron chi connectivity index (χ1n) is 5.13. The summed E-state index contributed by atoms with van der Waals surface area (Å²) < 4.78 is 0. The molecule has 0 amide bonds. The predicted molar refractivity (Wildman–Crippen MR) is 52.0 cm³/mol. The van der Waals surface area contributed by atoms with Crippen LogP contribution in [-0.4, -0.2) is 13.1 Å². The molecule has 0 heterocycles. The number of fused-ring (bicyclic) bond motifs is 1. The van der Waals surface area contributed by atoms with Crippen LogP contribution in [0.25, 0.3) is 0 Å². The highest BCUT2D eigenvalue weighted by atomic mass is 14.9. The Bertz CT molecular complexity index is 166. The zero-order valence-corrected chi connectivity index (χ0v) is 7.92. The summed E-state index contributed by atoms with van der Waals surface area (Å²) in [6.07, 6.45) is 7.67. The van der Waals surface area contributed by atoms with Crippen molar-refractivity contribution in [2.75, 3.05) is 7.05 Å². The van der Waals surface area contributed by atoms with Crippen molar-refractivity contribution >= 4 is 0 Å². The highest BCUT2D eigenvalue weighted by Crippen LogP contribution is 2.55. The lowest BCUT2D eigenvalue weighted by atomic mass is 9.92. The van der Waals surface area contributed by atoms with E-state index in [0.717, 1.165) is 24.2 Å². The van der Waals surface area contributed by atoms with Crippen LogP contribution in [0.5, 0.6) is 0 Å². The molecule has 0 spiro atoms. The minimum atomic E-state index is 0.704. The number of rotatable bonds is 4. The van der Waals surface area contributed by atoms with Gasteiger partial charge in [0.05, 0.1) is 0 Å². The second-order valence-corrected chi connectivity index (χ2v) is 4.41. The molecule has 1 nitrogen and oxygen atoms in total. The van der Waals surface area contributed by atoms with Gasteiger partial charge in [-0.05, 0) is 50.5 Å². The van der Waals surface area contributed by atoms with Crippen molar-refractivity contribution in [1.29, 1.82) is 0 Å². The maximum Gasteiger partial charge on any atom is 0.0127 e. The lowest BCUT2D eigenvalue weighted by Gasteiger charge is -2.22. The second kappa shape index (κ2) is 3.21. The highest BCUT2D eigenvalue weighted by Gasteiger charge is 2.47. The molecule has 0 bridgehead atoms. The van der Waals surface area contributed by atoms with E-state index in [9.17, 15) is 0 Å². The third kappa shape index (κ3) is 1.42. The summed E-state index contributed by atoms with van der Waals surface area (Å²) in [4.78, 5) is 0. The van der Waals surface area contributed by atoms with E-state index in [-0.39, 0.29) is 0 Å². The number of hydrogen-bond donors (Lipinski definition) is 1. The Kier molecular flexibility index (Phi) is 2.22. The van der Waals surface area contributed by atoms with Gasteiger partial charge in [-0.25, -0.2) is 0 Å². The lowest BCUT2D eigenvalue weighted by Crippen LogP contribution is -2.32. The molecule has 0 aromatic rings. The second-order valence-electron chi connectivity index (χ2n) is 4.41. The molecule has 3 unspecified atom stereocenters. The lowest BCUT2D eigenvalue weighted by molar-refractivity contribution is 0.353. The Morgan fingerprint density at radius 3 is 2.58 bits per heavy atom. The van der Waals surface area contributed by atoms with E-state index >= 15 is 0 Å². The normalized spacial score (nSPS) is 40.6. The van der Waals surface area contributed by atoms with Crippen molar-refractivity contribution in [3.8, 4) is 0 Å². The molecule has 2 aliphatic carbocycles. The van der Waals surface area contributed by atoms with Gasteiger partial charge in [-0.15, -0.1) is 6.58 Å². The molecular weight excluding hydrogens is 146 g/mol. The monoisotopic (exact) mass is 165 g/mol. The van der Waals surface area contributed by atoms with Gasteiger partial charge in [-0.2, -0.15) is 0 Å². The van der Waals surface area contributed by atoms with E-state index in [0.29, 0.717) is 6.04 Å². The molecule has 68 valence electrons. The quantitative estimate of drug-likeness (QED) is 0.630. The Morgan fingerprint density at radius 2 is 2.08 bits per heavy atom. The van der Waals surface area contributed by atoms with Crippen molar-refractivity contribution in [2.45, 2.75) is 31.7 Å². The molecule has 2 saturated carbocycles. The molecule has 0 radical (unpaired) electrons. The van der Waals surface area contributed by atoms with E-state index in [4.69, 9.17) is 0 Å². The number of nitrogens with one attached hydrogen (secondary N) is 1. The van der Waals surface area contributed by atoms with Gasteiger partial charge in [0.1, 0.15) is 0 Å². The molecule has 0 aromatic heterocycles. The van der Waals surface area contributed by atoms with E-state index in [1.165, 1.54) is 19.3 Å². The average Bonchev–Trinajstić information content (AvgIpc) is 2.70. The summed E-state index contributed by atoms with van der Waals surface area (Å²) in [6.45, 7) is 3.81. The SMILES string of the molecule is C=CCC(NC)C1CC2CC2C1. The Balaban J connectivity index is 1.84. The summed E-state index contributed by atoms with van der Waals surface area (Å²) in [5, 5.41) is 3.41. The fraction of sp³-hybridized carbons (Fsp3) is 0.818. The zero-order valence-electron chi connectivity index (χ0n) is 7.92. The van der Waals surface area contributed by atoms with Crippen molar-refractivity contribution in [1.82, 2.24) is 5.32 Å². The molecule has 1 N–H and O–H groups in total. The van der Waals surface area contributed by atoms with Crippen LogP contribution in [0.15, 0.2) is 12.7 Å². The third-order valence-corrected chi connectivity index (χ3v) is 3.64. The van der Waals surface area contributed by atoms with Gasteiger partial charge in [0.2, 0.25) is 0 Å². The summed E-state index contributed by atoms with van der Waals surface area (Å²) >= 11 is 0. The van der Waals surface area contributed by atoms with Crippen LogP contribution in [0, 0.1) is 17.8 Å². The van der Waals surface area contributed by atoms with Gasteiger partial charge in [-0.3, -0.25) is 0 Å². The molecule has 0 aromatic carbocycles. The fourth-order valence-electron chi connectivity index (χ4n) is 2.82. The molecule has 0 aliphatic heterocycles. The van der Waals surface area contributed by atoms with E-state index in [1.807, 2.05) is 6.08 Å². The Labute approximate surface area is 75.2 Å². The van der Waals surface area contributed by atoms with Crippen LogP contribution < -0.4 is 5.32 Å². The molecule has 3 atom stereocenters. The van der Waals surface area contributed by atoms with Crippen molar-refractivity contribution < 1.29 is 0 Å². The predicted octanol–water partition coefficient (Wildman–Crippen LogP) is 2.20.